The van der Waals surface area contributed by atoms with Crippen molar-refractivity contribution in [2.45, 2.75) is 13.5 Å². The van der Waals surface area contributed by atoms with E-state index >= 15 is 0 Å². The molecule has 6 heteroatoms. The Hall–Kier alpha value is -2.37. The Labute approximate surface area is 157 Å². The van der Waals surface area contributed by atoms with Gasteiger partial charge < -0.3 is 4.90 Å². The van der Waals surface area contributed by atoms with Crippen LogP contribution in [0.3, 0.4) is 0 Å². The van der Waals surface area contributed by atoms with Crippen molar-refractivity contribution in [3.8, 4) is 0 Å². The number of aromatic nitrogens is 2. The molecule has 5 nitrogen and oxygen atoms in total. The molecule has 0 aliphatic carbocycles. The zero-order valence-corrected chi connectivity index (χ0v) is 15.5. The van der Waals surface area contributed by atoms with Gasteiger partial charge in [-0.25, -0.2) is 4.98 Å². The minimum absolute atomic E-state index is 0.0246. The third-order valence-corrected chi connectivity index (χ3v) is 5.13. The highest BCUT2D eigenvalue weighted by Gasteiger charge is 2.19. The van der Waals surface area contributed by atoms with Crippen LogP contribution in [-0.2, 0) is 6.54 Å². The smallest absolute Gasteiger partial charge is 0.258 e. The van der Waals surface area contributed by atoms with Crippen LogP contribution < -0.4 is 10.5 Å². The Balaban J connectivity index is 1.46. The lowest BCUT2D eigenvalue weighted by Crippen LogP contribution is -2.46. The number of benzene rings is 1. The molecule has 0 bridgehead atoms. The summed E-state index contributed by atoms with van der Waals surface area (Å²) in [5.74, 6) is 0. The third-order valence-electron chi connectivity index (χ3n) is 4.81. The molecule has 2 aromatic heterocycles. The first-order chi connectivity index (χ1) is 12.6. The van der Waals surface area contributed by atoms with Crippen molar-refractivity contribution in [3.05, 3.63) is 75.3 Å². The van der Waals surface area contributed by atoms with Crippen LogP contribution in [0, 0.1) is 6.92 Å². The number of halogens is 1. The number of hydrogen-bond donors (Lipinski definition) is 0. The summed E-state index contributed by atoms with van der Waals surface area (Å²) in [7, 11) is 0. The number of aryl methyl sites for hydroxylation is 1. The molecule has 0 N–H and O–H groups in total. The minimum atomic E-state index is -0.0246. The highest BCUT2D eigenvalue weighted by Crippen LogP contribution is 2.26. The average Bonchev–Trinajstić information content (AvgIpc) is 2.64. The van der Waals surface area contributed by atoms with Crippen LogP contribution >= 0.6 is 11.6 Å². The first kappa shape index (κ1) is 17.1. The molecule has 0 saturated carbocycles. The number of anilines is 1. The lowest BCUT2D eigenvalue weighted by atomic mass is 10.2. The topological polar surface area (TPSA) is 40.9 Å². The summed E-state index contributed by atoms with van der Waals surface area (Å²) in [5, 5.41) is 0.792. The number of para-hydroxylation sites is 1. The molecule has 0 amide bonds. The summed E-state index contributed by atoms with van der Waals surface area (Å²) >= 11 is 6.31. The van der Waals surface area contributed by atoms with Crippen molar-refractivity contribution in [1.82, 2.24) is 14.3 Å². The number of fused-ring (bicyclic) bond motifs is 1. The highest BCUT2D eigenvalue weighted by atomic mass is 35.5. The van der Waals surface area contributed by atoms with E-state index < -0.39 is 0 Å². The van der Waals surface area contributed by atoms with Crippen LogP contribution in [0.1, 0.15) is 11.3 Å². The summed E-state index contributed by atoms with van der Waals surface area (Å²) in [6, 6.07) is 13.5. The first-order valence-electron chi connectivity index (χ1n) is 8.81. The monoisotopic (exact) mass is 368 g/mol. The Morgan fingerprint density at radius 2 is 1.85 bits per heavy atom. The second-order valence-corrected chi connectivity index (χ2v) is 7.14. The van der Waals surface area contributed by atoms with Crippen LogP contribution in [0.4, 0.5) is 5.69 Å². The molecule has 1 saturated heterocycles. The second-order valence-electron chi connectivity index (χ2n) is 6.73. The summed E-state index contributed by atoms with van der Waals surface area (Å²) in [6.45, 7) is 6.32. The molecule has 1 aliphatic rings. The van der Waals surface area contributed by atoms with E-state index in [-0.39, 0.29) is 5.56 Å². The SMILES string of the molecule is Cc1ccc2nc(CN3CCN(c4ccccc4Cl)CC3)cc(=O)n2c1. The van der Waals surface area contributed by atoms with Crippen LogP contribution in [0.5, 0.6) is 0 Å². The third kappa shape index (κ3) is 3.45. The Bertz CT molecular complexity index is 993. The molecule has 0 spiro atoms. The number of piperazine rings is 1. The average molecular weight is 369 g/mol. The molecule has 3 heterocycles. The van der Waals surface area contributed by atoms with Crippen LogP contribution in [0.2, 0.25) is 5.02 Å². The molecular formula is C20H21ClN4O. The second kappa shape index (κ2) is 7.09. The fourth-order valence-electron chi connectivity index (χ4n) is 3.42. The number of hydrogen-bond acceptors (Lipinski definition) is 4. The number of nitrogens with zero attached hydrogens (tertiary/aromatic N) is 4. The van der Waals surface area contributed by atoms with Crippen LogP contribution in [0.25, 0.3) is 5.65 Å². The fraction of sp³-hybridized carbons (Fsp3) is 0.300. The molecule has 0 unspecified atom stereocenters. The zero-order valence-electron chi connectivity index (χ0n) is 14.7. The zero-order chi connectivity index (χ0) is 18.1. The van der Waals surface area contributed by atoms with Crippen molar-refractivity contribution >= 4 is 22.9 Å². The van der Waals surface area contributed by atoms with Crippen LogP contribution in [0.15, 0.2) is 53.5 Å². The summed E-state index contributed by atoms with van der Waals surface area (Å²) in [4.78, 5) is 21.6. The van der Waals surface area contributed by atoms with Crippen molar-refractivity contribution in [2.24, 2.45) is 0 Å². The van der Waals surface area contributed by atoms with Gasteiger partial charge in [-0.1, -0.05) is 29.8 Å². The molecule has 134 valence electrons. The van der Waals surface area contributed by atoms with E-state index in [4.69, 9.17) is 11.6 Å². The Morgan fingerprint density at radius 1 is 1.08 bits per heavy atom. The van der Waals surface area contributed by atoms with Gasteiger partial charge in [0.15, 0.2) is 0 Å². The number of rotatable bonds is 3. The van der Waals surface area contributed by atoms with Crippen molar-refractivity contribution in [1.29, 1.82) is 0 Å². The summed E-state index contributed by atoms with van der Waals surface area (Å²) in [5.41, 5.74) is 3.64. The van der Waals surface area contributed by atoms with E-state index in [1.54, 1.807) is 10.5 Å². The molecule has 26 heavy (non-hydrogen) atoms. The highest BCUT2D eigenvalue weighted by molar-refractivity contribution is 6.33. The van der Waals surface area contributed by atoms with Gasteiger partial charge in [0.2, 0.25) is 0 Å². The quantitative estimate of drug-likeness (QED) is 0.712. The summed E-state index contributed by atoms with van der Waals surface area (Å²) in [6.07, 6.45) is 1.83. The van der Waals surface area contributed by atoms with Crippen molar-refractivity contribution < 1.29 is 0 Å². The van der Waals surface area contributed by atoms with Gasteiger partial charge in [0.25, 0.3) is 5.56 Å². The van der Waals surface area contributed by atoms with Gasteiger partial charge in [-0.2, -0.15) is 0 Å². The maximum atomic E-state index is 12.3. The largest absolute Gasteiger partial charge is 0.368 e. The normalized spacial score (nSPS) is 15.5. The van der Waals surface area contributed by atoms with E-state index in [1.807, 2.05) is 43.5 Å². The van der Waals surface area contributed by atoms with E-state index in [9.17, 15) is 4.79 Å². The fourth-order valence-corrected chi connectivity index (χ4v) is 3.68. The molecule has 1 aliphatic heterocycles. The molecule has 1 fully saturated rings. The van der Waals surface area contributed by atoms with Gasteiger partial charge in [0.05, 0.1) is 16.4 Å². The van der Waals surface area contributed by atoms with Gasteiger partial charge in [-0.05, 0) is 30.7 Å². The molecule has 1 aromatic carbocycles. The van der Waals surface area contributed by atoms with Gasteiger partial charge in [0.1, 0.15) is 5.65 Å². The number of pyridine rings is 1. The Morgan fingerprint density at radius 3 is 2.62 bits per heavy atom. The predicted octanol–water partition coefficient (Wildman–Crippen LogP) is 2.98. The van der Waals surface area contributed by atoms with Gasteiger partial charge in [-0.15, -0.1) is 0 Å². The molecule has 3 aromatic rings. The van der Waals surface area contributed by atoms with Gasteiger partial charge in [0, 0.05) is 45.0 Å². The molecule has 0 radical (unpaired) electrons. The van der Waals surface area contributed by atoms with Crippen LogP contribution in [-0.4, -0.2) is 40.5 Å². The van der Waals surface area contributed by atoms with E-state index in [0.717, 1.165) is 48.1 Å². The van der Waals surface area contributed by atoms with E-state index in [2.05, 4.69) is 20.9 Å². The maximum absolute atomic E-state index is 12.3. The van der Waals surface area contributed by atoms with E-state index in [0.29, 0.717) is 12.2 Å². The minimum Gasteiger partial charge on any atom is -0.368 e. The van der Waals surface area contributed by atoms with Gasteiger partial charge in [-0.3, -0.25) is 14.1 Å². The molecule has 0 atom stereocenters. The molecule has 4 rings (SSSR count). The predicted molar refractivity (Wildman–Crippen MR) is 105 cm³/mol. The lowest BCUT2D eigenvalue weighted by molar-refractivity contribution is 0.247. The summed E-state index contributed by atoms with van der Waals surface area (Å²) < 4.78 is 1.61. The van der Waals surface area contributed by atoms with Gasteiger partial charge >= 0.3 is 0 Å². The standard InChI is InChI=1S/C20H21ClN4O/c1-15-6-7-19-22-16(12-20(26)25(19)13-15)14-23-8-10-24(11-9-23)18-5-3-2-4-17(18)21/h2-7,12-13H,8-11,14H2,1H3. The Kier molecular flexibility index (Phi) is 4.66. The molecular weight excluding hydrogens is 348 g/mol. The first-order valence-corrected chi connectivity index (χ1v) is 9.19. The lowest BCUT2D eigenvalue weighted by Gasteiger charge is -2.36. The van der Waals surface area contributed by atoms with E-state index in [1.165, 1.54) is 0 Å². The van der Waals surface area contributed by atoms with Crippen molar-refractivity contribution in [3.63, 3.8) is 0 Å². The maximum Gasteiger partial charge on any atom is 0.258 e. The van der Waals surface area contributed by atoms with Crippen molar-refractivity contribution in [2.75, 3.05) is 31.1 Å².